The molecule has 1 aliphatic rings. The van der Waals surface area contributed by atoms with E-state index in [9.17, 15) is 0 Å². The van der Waals surface area contributed by atoms with E-state index in [1.807, 2.05) is 0 Å². The van der Waals surface area contributed by atoms with Crippen molar-refractivity contribution in [3.05, 3.63) is 0 Å². The zero-order valence-corrected chi connectivity index (χ0v) is 3.68. The van der Waals surface area contributed by atoms with Crippen LogP contribution in [0, 0.1) is 0 Å². The van der Waals surface area contributed by atoms with Gasteiger partial charge < -0.3 is 16.6 Å². The first-order valence-corrected chi connectivity index (χ1v) is 1.75. The van der Waals surface area contributed by atoms with Gasteiger partial charge in [-0.1, -0.05) is 0 Å². The highest BCUT2D eigenvalue weighted by Gasteiger charge is 2.18. The first-order chi connectivity index (χ1) is 2.43. The molecule has 3 nitrogen and oxygen atoms in total. The maximum absolute atomic E-state index is 5.11. The first kappa shape index (κ1) is 5.88. The monoisotopic (exact) mass is 90.1 g/mol. The van der Waals surface area contributed by atoms with Gasteiger partial charge in [0.15, 0.2) is 0 Å². The summed E-state index contributed by atoms with van der Waals surface area (Å²) in [5.74, 6) is 0. The number of hydrogen-bond acceptors (Lipinski definition) is 3. The van der Waals surface area contributed by atoms with E-state index in [-0.39, 0.29) is 6.15 Å². The molecule has 6 heavy (non-hydrogen) atoms. The summed E-state index contributed by atoms with van der Waals surface area (Å²) >= 11 is 0. The standard InChI is InChI=1S/C3H7NO.H3N/c4-1-3-2-5-3;/h3H,1-2,4H2;1H3. The SMILES string of the molecule is N.NCC1CO1. The van der Waals surface area contributed by atoms with Gasteiger partial charge in [-0.15, -0.1) is 0 Å². The van der Waals surface area contributed by atoms with Gasteiger partial charge in [0.2, 0.25) is 0 Å². The third-order valence-corrected chi connectivity index (χ3v) is 0.665. The Morgan fingerprint density at radius 3 is 2.33 bits per heavy atom. The molecule has 0 amide bonds. The zero-order chi connectivity index (χ0) is 3.70. The van der Waals surface area contributed by atoms with Gasteiger partial charge in [0.05, 0.1) is 12.7 Å². The Bertz CT molecular complexity index is 35.8. The van der Waals surface area contributed by atoms with Crippen LogP contribution in [0.5, 0.6) is 0 Å². The molecule has 1 heterocycles. The van der Waals surface area contributed by atoms with E-state index >= 15 is 0 Å². The number of ether oxygens (including phenoxy) is 1. The second-order valence-electron chi connectivity index (χ2n) is 1.19. The van der Waals surface area contributed by atoms with Gasteiger partial charge in [-0.2, -0.15) is 0 Å². The van der Waals surface area contributed by atoms with E-state index in [2.05, 4.69) is 0 Å². The molecule has 1 aliphatic heterocycles. The molecule has 0 radical (unpaired) electrons. The van der Waals surface area contributed by atoms with Crippen LogP contribution in [-0.4, -0.2) is 19.3 Å². The largest absolute Gasteiger partial charge is 0.372 e. The Kier molecular flexibility index (Phi) is 2.08. The molecule has 1 atom stereocenters. The summed E-state index contributed by atoms with van der Waals surface area (Å²) in [6.07, 6.45) is 0.412. The zero-order valence-electron chi connectivity index (χ0n) is 3.68. The van der Waals surface area contributed by atoms with Gasteiger partial charge in [0.1, 0.15) is 0 Å². The molecule has 1 fully saturated rings. The van der Waals surface area contributed by atoms with E-state index in [1.54, 1.807) is 0 Å². The van der Waals surface area contributed by atoms with Crippen LogP contribution in [0.4, 0.5) is 0 Å². The molecule has 0 aromatic rings. The predicted octanol–water partition coefficient (Wildman–Crippen LogP) is -0.494. The van der Waals surface area contributed by atoms with Crippen molar-refractivity contribution in [2.45, 2.75) is 6.10 Å². The fourth-order valence-corrected chi connectivity index (χ4v) is 0.204. The maximum atomic E-state index is 5.11. The van der Waals surface area contributed by atoms with Gasteiger partial charge in [0, 0.05) is 6.54 Å². The van der Waals surface area contributed by atoms with Crippen molar-refractivity contribution < 1.29 is 4.74 Å². The molecule has 0 aliphatic carbocycles. The van der Waals surface area contributed by atoms with Crippen LogP contribution < -0.4 is 11.9 Å². The normalized spacial score (nSPS) is 28.5. The van der Waals surface area contributed by atoms with Crippen LogP contribution in [0.25, 0.3) is 0 Å². The highest BCUT2D eigenvalue weighted by atomic mass is 16.6. The summed E-state index contributed by atoms with van der Waals surface area (Å²) < 4.78 is 4.73. The highest BCUT2D eigenvalue weighted by Crippen LogP contribution is 2.03. The van der Waals surface area contributed by atoms with E-state index in [1.165, 1.54) is 0 Å². The molecule has 38 valence electrons. The lowest BCUT2D eigenvalue weighted by Gasteiger charge is -1.71. The number of nitrogens with two attached hydrogens (primary N) is 1. The molecule has 5 N–H and O–H groups in total. The topological polar surface area (TPSA) is 73.5 Å². The molecule has 0 spiro atoms. The van der Waals surface area contributed by atoms with Crippen LogP contribution in [0.1, 0.15) is 0 Å². The van der Waals surface area contributed by atoms with Gasteiger partial charge in [-0.05, 0) is 0 Å². The smallest absolute Gasteiger partial charge is 0.0931 e. The Balaban J connectivity index is 0.000000250. The predicted molar refractivity (Wildman–Crippen MR) is 23.8 cm³/mol. The van der Waals surface area contributed by atoms with Gasteiger partial charge in [-0.25, -0.2) is 0 Å². The third kappa shape index (κ3) is 1.35. The number of rotatable bonds is 1. The van der Waals surface area contributed by atoms with E-state index in [0.29, 0.717) is 12.6 Å². The van der Waals surface area contributed by atoms with Crippen LogP contribution in [0.15, 0.2) is 0 Å². The Morgan fingerprint density at radius 2 is 2.33 bits per heavy atom. The summed E-state index contributed by atoms with van der Waals surface area (Å²) in [4.78, 5) is 0. The average Bonchev–Trinajstić information content (AvgIpc) is 2.12. The number of hydrogen-bond donors (Lipinski definition) is 2. The van der Waals surface area contributed by atoms with Crippen molar-refractivity contribution in [2.75, 3.05) is 13.2 Å². The van der Waals surface area contributed by atoms with Crippen LogP contribution in [-0.2, 0) is 4.74 Å². The molecule has 1 saturated heterocycles. The Hall–Kier alpha value is -0.120. The lowest BCUT2D eigenvalue weighted by atomic mass is 10.5. The van der Waals surface area contributed by atoms with Crippen molar-refractivity contribution >= 4 is 0 Å². The van der Waals surface area contributed by atoms with Crippen LogP contribution >= 0.6 is 0 Å². The van der Waals surface area contributed by atoms with Crippen LogP contribution in [0.2, 0.25) is 0 Å². The Labute approximate surface area is 37.1 Å². The summed E-state index contributed by atoms with van der Waals surface area (Å²) in [6, 6.07) is 0. The lowest BCUT2D eigenvalue weighted by molar-refractivity contribution is 0.412. The quantitative estimate of drug-likeness (QED) is 0.426. The van der Waals surface area contributed by atoms with E-state index < -0.39 is 0 Å². The van der Waals surface area contributed by atoms with Crippen molar-refractivity contribution in [1.82, 2.24) is 6.15 Å². The number of epoxide rings is 1. The molecule has 1 unspecified atom stereocenters. The second-order valence-corrected chi connectivity index (χ2v) is 1.19. The Morgan fingerprint density at radius 1 is 1.83 bits per heavy atom. The first-order valence-electron chi connectivity index (χ1n) is 1.75. The molecule has 0 bridgehead atoms. The van der Waals surface area contributed by atoms with Gasteiger partial charge >= 0.3 is 0 Å². The second kappa shape index (κ2) is 2.12. The van der Waals surface area contributed by atoms with Crippen molar-refractivity contribution in [3.8, 4) is 0 Å². The summed E-state index contributed by atoms with van der Waals surface area (Å²) in [6.45, 7) is 1.58. The van der Waals surface area contributed by atoms with Crippen molar-refractivity contribution in [3.63, 3.8) is 0 Å². The summed E-state index contributed by atoms with van der Waals surface area (Å²) in [7, 11) is 0. The molecule has 0 aromatic heterocycles. The lowest BCUT2D eigenvalue weighted by Crippen LogP contribution is -2.05. The summed E-state index contributed by atoms with van der Waals surface area (Å²) in [5, 5.41) is 0. The van der Waals surface area contributed by atoms with Crippen molar-refractivity contribution in [1.29, 1.82) is 0 Å². The van der Waals surface area contributed by atoms with Gasteiger partial charge in [0.25, 0.3) is 0 Å². The molecule has 1 rings (SSSR count). The third-order valence-electron chi connectivity index (χ3n) is 0.665. The maximum Gasteiger partial charge on any atom is 0.0931 e. The minimum absolute atomic E-state index is 0. The van der Waals surface area contributed by atoms with Crippen molar-refractivity contribution in [2.24, 2.45) is 5.73 Å². The molecule has 0 saturated carbocycles. The minimum Gasteiger partial charge on any atom is -0.372 e. The van der Waals surface area contributed by atoms with E-state index in [0.717, 1.165) is 6.61 Å². The molecule has 3 heteroatoms. The average molecular weight is 90.1 g/mol. The summed E-state index contributed by atoms with van der Waals surface area (Å²) in [5.41, 5.74) is 5.11. The molecule has 0 aromatic carbocycles. The fraction of sp³-hybridized carbons (Fsp3) is 1.00. The van der Waals surface area contributed by atoms with Gasteiger partial charge in [-0.3, -0.25) is 0 Å². The fourth-order valence-electron chi connectivity index (χ4n) is 0.204. The molecular weight excluding hydrogens is 80.0 g/mol. The highest BCUT2D eigenvalue weighted by molar-refractivity contribution is 4.67. The van der Waals surface area contributed by atoms with E-state index in [4.69, 9.17) is 10.5 Å². The molecular formula is C3H10N2O. The van der Waals surface area contributed by atoms with Crippen LogP contribution in [0.3, 0.4) is 0 Å². The minimum atomic E-state index is 0.